The summed E-state index contributed by atoms with van der Waals surface area (Å²) in [4.78, 5) is 27.1. The third-order valence-corrected chi connectivity index (χ3v) is 3.90. The normalized spacial score (nSPS) is 15.0. The molecule has 21 heavy (non-hydrogen) atoms. The summed E-state index contributed by atoms with van der Waals surface area (Å²) in [5.41, 5.74) is 3.31. The Bertz CT molecular complexity index is 534. The van der Waals surface area contributed by atoms with E-state index >= 15 is 0 Å². The van der Waals surface area contributed by atoms with E-state index in [0.29, 0.717) is 32.7 Å². The van der Waals surface area contributed by atoms with Crippen LogP contribution in [0.2, 0.25) is 0 Å². The molecule has 1 heterocycles. The van der Waals surface area contributed by atoms with Crippen molar-refractivity contribution in [3.8, 4) is 0 Å². The van der Waals surface area contributed by atoms with Crippen molar-refractivity contribution in [3.63, 3.8) is 0 Å². The highest BCUT2D eigenvalue weighted by Gasteiger charge is 2.21. The lowest BCUT2D eigenvalue weighted by molar-refractivity contribution is -0.137. The molecule has 0 aliphatic carbocycles. The average molecular weight is 289 g/mol. The summed E-state index contributed by atoms with van der Waals surface area (Å²) in [5, 5.41) is 3.21. The van der Waals surface area contributed by atoms with Gasteiger partial charge >= 0.3 is 0 Å². The van der Waals surface area contributed by atoms with Gasteiger partial charge in [0, 0.05) is 38.8 Å². The molecule has 2 rings (SSSR count). The number of hydrogen-bond acceptors (Lipinski definition) is 3. The predicted octanol–water partition coefficient (Wildman–Crippen LogP) is 1.41. The van der Waals surface area contributed by atoms with Gasteiger partial charge in [0.2, 0.25) is 11.8 Å². The van der Waals surface area contributed by atoms with Crippen LogP contribution in [0.15, 0.2) is 18.2 Å². The Labute approximate surface area is 125 Å². The van der Waals surface area contributed by atoms with Crippen molar-refractivity contribution in [2.24, 2.45) is 0 Å². The molecule has 1 aromatic carbocycles. The average Bonchev–Trinajstić information content (AvgIpc) is 2.48. The van der Waals surface area contributed by atoms with Crippen LogP contribution in [0.3, 0.4) is 0 Å². The Morgan fingerprint density at radius 2 is 1.71 bits per heavy atom. The molecule has 5 heteroatoms. The number of nitrogens with one attached hydrogen (secondary N) is 1. The summed E-state index contributed by atoms with van der Waals surface area (Å²) >= 11 is 0. The lowest BCUT2D eigenvalue weighted by Gasteiger charge is -2.34. The minimum Gasteiger partial charge on any atom is -0.376 e. The van der Waals surface area contributed by atoms with Crippen molar-refractivity contribution >= 4 is 17.5 Å². The zero-order valence-electron chi connectivity index (χ0n) is 13.0. The molecule has 5 nitrogen and oxygen atoms in total. The highest BCUT2D eigenvalue weighted by atomic mass is 16.2. The van der Waals surface area contributed by atoms with E-state index in [0.717, 1.165) is 11.3 Å². The lowest BCUT2D eigenvalue weighted by atomic mass is 10.1. The molecule has 1 aliphatic heterocycles. The first kappa shape index (κ1) is 15.4. The van der Waals surface area contributed by atoms with Gasteiger partial charge < -0.3 is 15.1 Å². The van der Waals surface area contributed by atoms with Gasteiger partial charge in [-0.1, -0.05) is 12.1 Å². The van der Waals surface area contributed by atoms with Crippen molar-refractivity contribution in [1.29, 1.82) is 0 Å². The van der Waals surface area contributed by atoms with Gasteiger partial charge in [-0.3, -0.25) is 9.59 Å². The Kier molecular flexibility index (Phi) is 4.83. The number of amides is 2. The maximum Gasteiger partial charge on any atom is 0.241 e. The van der Waals surface area contributed by atoms with Gasteiger partial charge in [0.05, 0.1) is 6.54 Å². The Hall–Kier alpha value is -2.04. The van der Waals surface area contributed by atoms with E-state index in [1.54, 1.807) is 11.8 Å². The van der Waals surface area contributed by atoms with E-state index in [1.807, 2.05) is 24.8 Å². The second-order valence-corrected chi connectivity index (χ2v) is 5.56. The van der Waals surface area contributed by atoms with E-state index in [-0.39, 0.29) is 11.8 Å². The maximum atomic E-state index is 12.2. The van der Waals surface area contributed by atoms with Gasteiger partial charge in [0.15, 0.2) is 0 Å². The Morgan fingerprint density at radius 1 is 1.10 bits per heavy atom. The number of benzene rings is 1. The topological polar surface area (TPSA) is 52.7 Å². The van der Waals surface area contributed by atoms with Crippen LogP contribution < -0.4 is 5.32 Å². The van der Waals surface area contributed by atoms with Gasteiger partial charge in [0.1, 0.15) is 0 Å². The second kappa shape index (κ2) is 6.61. The Balaban J connectivity index is 1.85. The zero-order valence-corrected chi connectivity index (χ0v) is 13.0. The van der Waals surface area contributed by atoms with Gasteiger partial charge in [-0.05, 0) is 31.0 Å². The molecular weight excluding hydrogens is 266 g/mol. The number of hydrogen-bond donors (Lipinski definition) is 1. The molecule has 1 saturated heterocycles. The number of anilines is 1. The van der Waals surface area contributed by atoms with E-state index in [2.05, 4.69) is 17.4 Å². The number of nitrogens with zero attached hydrogens (tertiary/aromatic N) is 2. The monoisotopic (exact) mass is 289 g/mol. The first-order chi connectivity index (χ1) is 9.97. The fraction of sp³-hybridized carbons (Fsp3) is 0.500. The molecule has 0 radical (unpaired) electrons. The van der Waals surface area contributed by atoms with Crippen molar-refractivity contribution in [3.05, 3.63) is 29.3 Å². The molecule has 1 fully saturated rings. The molecule has 0 unspecified atom stereocenters. The van der Waals surface area contributed by atoms with Gasteiger partial charge in [-0.2, -0.15) is 0 Å². The zero-order chi connectivity index (χ0) is 15.4. The summed E-state index contributed by atoms with van der Waals surface area (Å²) in [7, 11) is 0. The van der Waals surface area contributed by atoms with Crippen LogP contribution in [0.5, 0.6) is 0 Å². The number of carbonyl (C=O) groups is 2. The third-order valence-electron chi connectivity index (χ3n) is 3.90. The molecule has 1 N–H and O–H groups in total. The standard InChI is InChI=1S/C16H23N3O2/c1-12-4-5-13(2)15(10-12)17-11-16(21)19-8-6-18(7-9-19)14(3)20/h4-5,10,17H,6-9,11H2,1-3H3. The highest BCUT2D eigenvalue weighted by molar-refractivity contribution is 5.81. The summed E-state index contributed by atoms with van der Waals surface area (Å²) in [6.45, 7) is 8.42. The van der Waals surface area contributed by atoms with Gasteiger partial charge in [-0.25, -0.2) is 0 Å². The molecule has 0 aromatic heterocycles. The Morgan fingerprint density at radius 3 is 2.33 bits per heavy atom. The van der Waals surface area contributed by atoms with Crippen molar-refractivity contribution in [2.75, 3.05) is 38.0 Å². The number of aryl methyl sites for hydroxylation is 2. The SMILES string of the molecule is CC(=O)N1CCN(C(=O)CNc2cc(C)ccc2C)CC1. The van der Waals surface area contributed by atoms with Crippen LogP contribution in [0.4, 0.5) is 5.69 Å². The fourth-order valence-electron chi connectivity index (χ4n) is 2.48. The highest BCUT2D eigenvalue weighted by Crippen LogP contribution is 2.16. The summed E-state index contributed by atoms with van der Waals surface area (Å²) in [5.74, 6) is 0.162. The van der Waals surface area contributed by atoms with Crippen LogP contribution in [-0.2, 0) is 9.59 Å². The van der Waals surface area contributed by atoms with Gasteiger partial charge in [-0.15, -0.1) is 0 Å². The van der Waals surface area contributed by atoms with Crippen molar-refractivity contribution in [2.45, 2.75) is 20.8 Å². The quantitative estimate of drug-likeness (QED) is 0.915. The van der Waals surface area contributed by atoms with Crippen LogP contribution in [0.1, 0.15) is 18.1 Å². The van der Waals surface area contributed by atoms with Crippen LogP contribution in [0.25, 0.3) is 0 Å². The number of rotatable bonds is 3. The first-order valence-electron chi connectivity index (χ1n) is 7.32. The third kappa shape index (κ3) is 3.97. The molecule has 1 aromatic rings. The molecule has 0 bridgehead atoms. The largest absolute Gasteiger partial charge is 0.376 e. The molecule has 0 atom stereocenters. The fourth-order valence-corrected chi connectivity index (χ4v) is 2.48. The summed E-state index contributed by atoms with van der Waals surface area (Å²) in [6, 6.07) is 6.16. The first-order valence-corrected chi connectivity index (χ1v) is 7.32. The predicted molar refractivity (Wildman–Crippen MR) is 83.2 cm³/mol. The summed E-state index contributed by atoms with van der Waals surface area (Å²) in [6.07, 6.45) is 0. The number of carbonyl (C=O) groups excluding carboxylic acids is 2. The summed E-state index contributed by atoms with van der Waals surface area (Å²) < 4.78 is 0. The van der Waals surface area contributed by atoms with Crippen molar-refractivity contribution in [1.82, 2.24) is 9.80 Å². The van der Waals surface area contributed by atoms with E-state index in [1.165, 1.54) is 5.56 Å². The van der Waals surface area contributed by atoms with Crippen LogP contribution >= 0.6 is 0 Å². The minimum atomic E-state index is 0.0793. The van der Waals surface area contributed by atoms with E-state index in [4.69, 9.17) is 0 Å². The second-order valence-electron chi connectivity index (χ2n) is 5.56. The van der Waals surface area contributed by atoms with Gasteiger partial charge in [0.25, 0.3) is 0 Å². The molecule has 0 spiro atoms. The van der Waals surface area contributed by atoms with Crippen LogP contribution in [-0.4, -0.2) is 54.3 Å². The minimum absolute atomic E-state index is 0.0793. The molecular formula is C16H23N3O2. The lowest BCUT2D eigenvalue weighted by Crippen LogP contribution is -2.51. The molecule has 1 aliphatic rings. The van der Waals surface area contributed by atoms with Crippen LogP contribution in [0, 0.1) is 13.8 Å². The number of piperazine rings is 1. The molecule has 0 saturated carbocycles. The van der Waals surface area contributed by atoms with E-state index < -0.39 is 0 Å². The van der Waals surface area contributed by atoms with E-state index in [9.17, 15) is 9.59 Å². The molecule has 2 amide bonds. The molecule has 114 valence electrons. The smallest absolute Gasteiger partial charge is 0.241 e. The van der Waals surface area contributed by atoms with Crippen molar-refractivity contribution < 1.29 is 9.59 Å². The maximum absolute atomic E-state index is 12.2.